The number of hydrogen-bond donors (Lipinski definition) is 1. The maximum atomic E-state index is 12.3. The Balaban J connectivity index is 0.00000364. The summed E-state index contributed by atoms with van der Waals surface area (Å²) in [5.41, 5.74) is 0.341. The Labute approximate surface area is 204 Å². The van der Waals surface area contributed by atoms with Gasteiger partial charge in [0.1, 0.15) is 16.4 Å². The molecule has 0 unspecified atom stereocenters. The molecule has 0 aliphatic rings. The van der Waals surface area contributed by atoms with E-state index in [2.05, 4.69) is 6.92 Å². The van der Waals surface area contributed by atoms with E-state index in [4.69, 9.17) is 4.74 Å². The molecule has 0 bridgehead atoms. The molecule has 0 aliphatic heterocycles. The molecule has 0 saturated heterocycles. The van der Waals surface area contributed by atoms with Gasteiger partial charge in [0.25, 0.3) is 10.1 Å². The average molecular weight is 417 g/mol. The van der Waals surface area contributed by atoms with E-state index in [0.717, 1.165) is 38.2 Å². The van der Waals surface area contributed by atoms with E-state index in [0.29, 0.717) is 17.7 Å². The molecule has 27 heavy (non-hydrogen) atoms. The fourth-order valence-electron chi connectivity index (χ4n) is 2.81. The van der Waals surface area contributed by atoms with Gasteiger partial charge in [-0.15, -0.1) is 0 Å². The summed E-state index contributed by atoms with van der Waals surface area (Å²) in [7, 11) is -4.44. The van der Waals surface area contributed by atoms with Gasteiger partial charge >= 0.3 is 51.4 Å². The molecule has 2 rings (SSSR count). The Hall–Kier alpha value is -0.414. The number of hydrogen-bond acceptors (Lipinski definition) is 4. The maximum absolute atomic E-state index is 12.3. The molecule has 0 aromatic heterocycles. The van der Waals surface area contributed by atoms with Crippen LogP contribution in [0.25, 0.3) is 0 Å². The molecular weight excluding hydrogens is 391 g/mol. The molecule has 1 N–H and O–H groups in total. The zero-order valence-corrected chi connectivity index (χ0v) is 19.9. The Bertz CT molecular complexity index is 807. The Morgan fingerprint density at radius 1 is 1.00 bits per heavy atom. The fourth-order valence-corrected chi connectivity index (χ4v) is 3.56. The van der Waals surface area contributed by atoms with Gasteiger partial charge in [0.05, 0.1) is 0 Å². The summed E-state index contributed by atoms with van der Waals surface area (Å²) < 4.78 is 38.5. The summed E-state index contributed by atoms with van der Waals surface area (Å²) >= 11 is 0. The third-order valence-corrected chi connectivity index (χ3v) is 5.11. The third-order valence-electron chi connectivity index (χ3n) is 4.18. The zero-order valence-electron chi connectivity index (χ0n) is 16.0. The first-order valence-corrected chi connectivity index (χ1v) is 10.4. The van der Waals surface area contributed by atoms with Crippen LogP contribution < -0.4 is 61.2 Å². The van der Waals surface area contributed by atoms with Crippen molar-refractivity contribution in [1.82, 2.24) is 0 Å². The van der Waals surface area contributed by atoms with Crippen molar-refractivity contribution in [3.8, 4) is 17.2 Å². The number of rotatable bonds is 10. The predicted octanol–water partition coefficient (Wildman–Crippen LogP) is 1.71. The van der Waals surface area contributed by atoms with Crippen LogP contribution in [0.3, 0.4) is 0 Å². The van der Waals surface area contributed by atoms with Gasteiger partial charge in [0.15, 0.2) is 0 Å². The van der Waals surface area contributed by atoms with Gasteiger partial charge in [-0.3, -0.25) is 4.55 Å². The molecule has 0 spiro atoms. The molecule has 2 aromatic rings. The van der Waals surface area contributed by atoms with E-state index in [9.17, 15) is 18.1 Å². The molecule has 0 radical (unpaired) electrons. The van der Waals surface area contributed by atoms with E-state index in [1.807, 2.05) is 0 Å². The van der Waals surface area contributed by atoms with Crippen molar-refractivity contribution in [1.29, 1.82) is 0 Å². The van der Waals surface area contributed by atoms with Crippen LogP contribution in [-0.4, -0.2) is 13.0 Å². The van der Waals surface area contributed by atoms with Crippen LogP contribution >= 0.6 is 0 Å². The van der Waals surface area contributed by atoms with Crippen LogP contribution in [-0.2, 0) is 16.5 Å². The number of benzene rings is 2. The third kappa shape index (κ3) is 8.23. The maximum Gasteiger partial charge on any atom is 1.00 e. The quantitative estimate of drug-likeness (QED) is 0.362. The molecule has 0 heterocycles. The normalized spacial score (nSPS) is 11.0. The van der Waals surface area contributed by atoms with Crippen molar-refractivity contribution in [2.24, 2.45) is 0 Å². The van der Waals surface area contributed by atoms with E-state index < -0.39 is 15.9 Å². The van der Waals surface area contributed by atoms with Crippen molar-refractivity contribution < 1.29 is 74.2 Å². The van der Waals surface area contributed by atoms with Crippen LogP contribution in [0.1, 0.15) is 51.0 Å². The van der Waals surface area contributed by atoms with Crippen molar-refractivity contribution >= 4 is 10.1 Å². The molecule has 2 aromatic carbocycles. The van der Waals surface area contributed by atoms with E-state index in [-0.39, 0.29) is 62.0 Å². The smallest absolute Gasteiger partial charge is 0.870 e. The van der Waals surface area contributed by atoms with Gasteiger partial charge in [-0.2, -0.15) is 8.42 Å². The topological polar surface area (TPSA) is 86.7 Å². The van der Waals surface area contributed by atoms with E-state index in [1.165, 1.54) is 12.5 Å². The molecule has 142 valence electrons. The van der Waals surface area contributed by atoms with Gasteiger partial charge in [-0.25, -0.2) is 0 Å². The number of para-hydroxylation sites is 1. The van der Waals surface area contributed by atoms with Gasteiger partial charge in [0, 0.05) is 6.07 Å². The van der Waals surface area contributed by atoms with Gasteiger partial charge in [0.2, 0.25) is 0 Å². The predicted molar refractivity (Wildman–Crippen MR) is 99.3 cm³/mol. The standard InChI is InChI=1S/C20H26O5S.K/c1-2-3-4-5-6-8-11-16-14-18(21)19(15-20(16)26(22,23)24)25-17-12-9-7-10-13-17;/h7,9-10,12-15,21H,2-6,8,11H2,1H3,(H,22,23,24);/q;+1/p-1. The SMILES string of the molecule is CCCCCCCCc1cc([O-])c(Oc2ccccc2)cc1S(=O)(=O)O.[K+]. The summed E-state index contributed by atoms with van der Waals surface area (Å²) in [6.45, 7) is 2.15. The molecule has 0 saturated carbocycles. The molecule has 0 aliphatic carbocycles. The van der Waals surface area contributed by atoms with Crippen LogP contribution in [0.5, 0.6) is 17.2 Å². The largest absolute Gasteiger partial charge is 1.00 e. The van der Waals surface area contributed by atoms with Crippen molar-refractivity contribution in [3.63, 3.8) is 0 Å². The van der Waals surface area contributed by atoms with Crippen LogP contribution in [0.15, 0.2) is 47.4 Å². The molecule has 5 nitrogen and oxygen atoms in total. The Morgan fingerprint density at radius 2 is 1.63 bits per heavy atom. The van der Waals surface area contributed by atoms with Crippen LogP contribution in [0.2, 0.25) is 0 Å². The average Bonchev–Trinajstić information content (AvgIpc) is 2.60. The molecule has 0 atom stereocenters. The number of ether oxygens (including phenoxy) is 1. The molecule has 0 amide bonds. The summed E-state index contributed by atoms with van der Waals surface area (Å²) in [4.78, 5) is -0.253. The number of unbranched alkanes of at least 4 members (excludes halogenated alkanes) is 5. The summed E-state index contributed by atoms with van der Waals surface area (Å²) in [6.07, 6.45) is 6.74. The molecular formula is C20H25KO5S. The minimum absolute atomic E-state index is 0. The van der Waals surface area contributed by atoms with E-state index >= 15 is 0 Å². The van der Waals surface area contributed by atoms with Crippen molar-refractivity contribution in [2.75, 3.05) is 0 Å². The van der Waals surface area contributed by atoms with Crippen LogP contribution in [0.4, 0.5) is 0 Å². The van der Waals surface area contributed by atoms with Crippen LogP contribution in [0, 0.1) is 0 Å². The minimum Gasteiger partial charge on any atom is -0.870 e. The van der Waals surface area contributed by atoms with Crippen molar-refractivity contribution in [3.05, 3.63) is 48.0 Å². The Morgan fingerprint density at radius 3 is 2.26 bits per heavy atom. The summed E-state index contributed by atoms with van der Waals surface area (Å²) in [5, 5.41) is 12.3. The summed E-state index contributed by atoms with van der Waals surface area (Å²) in [5.74, 6) is -0.0904. The molecule has 0 fully saturated rings. The van der Waals surface area contributed by atoms with Gasteiger partial charge in [-0.05, 0) is 30.5 Å². The first kappa shape index (κ1) is 24.6. The van der Waals surface area contributed by atoms with Gasteiger partial charge < -0.3 is 9.84 Å². The molecule has 7 heteroatoms. The minimum atomic E-state index is -4.44. The second-order valence-electron chi connectivity index (χ2n) is 6.31. The summed E-state index contributed by atoms with van der Waals surface area (Å²) in [6, 6.07) is 11.0. The van der Waals surface area contributed by atoms with Gasteiger partial charge in [-0.1, -0.05) is 69.0 Å². The van der Waals surface area contributed by atoms with E-state index in [1.54, 1.807) is 30.3 Å². The zero-order chi connectivity index (χ0) is 19.0. The monoisotopic (exact) mass is 416 g/mol. The van der Waals surface area contributed by atoms with Crippen molar-refractivity contribution in [2.45, 2.75) is 56.8 Å². The number of aryl methyl sites for hydroxylation is 1. The second kappa shape index (κ2) is 12.2. The first-order valence-electron chi connectivity index (χ1n) is 8.96. The fraction of sp³-hybridized carbons (Fsp3) is 0.400. The first-order chi connectivity index (χ1) is 12.4. The second-order valence-corrected chi connectivity index (χ2v) is 7.70. The Kier molecular flexibility index (Phi) is 11.1.